The fraction of sp³-hybridized carbons (Fsp3) is 0.429. The molecule has 1 amide bonds. The summed E-state index contributed by atoms with van der Waals surface area (Å²) in [6.07, 6.45) is 3.47. The number of amides is 1. The van der Waals surface area contributed by atoms with Crippen LogP contribution in [0.5, 0.6) is 0 Å². The van der Waals surface area contributed by atoms with Gasteiger partial charge in [0.1, 0.15) is 0 Å². The van der Waals surface area contributed by atoms with Gasteiger partial charge in [0.25, 0.3) is 0 Å². The molecule has 0 saturated carbocycles. The number of carbonyl (C=O) groups is 1. The topological polar surface area (TPSA) is 45.2 Å². The summed E-state index contributed by atoms with van der Waals surface area (Å²) in [7, 11) is 0. The first-order valence-corrected chi connectivity index (χ1v) is 9.13. The molecule has 4 nitrogen and oxygen atoms in total. The Labute approximate surface area is 150 Å². The van der Waals surface area contributed by atoms with E-state index in [0.717, 1.165) is 24.3 Å². The smallest absolute Gasteiger partial charge is 0.227 e. The normalized spacial score (nSPS) is 17.1. The molecule has 0 spiro atoms. The molecule has 0 radical (unpaired) electrons. The Balaban J connectivity index is 1.71. The zero-order chi connectivity index (χ0) is 17.8. The number of hydrogen-bond donors (Lipinski definition) is 1. The van der Waals surface area contributed by atoms with Gasteiger partial charge >= 0.3 is 0 Å². The van der Waals surface area contributed by atoms with E-state index in [0.29, 0.717) is 12.3 Å². The van der Waals surface area contributed by atoms with Gasteiger partial charge in [-0.1, -0.05) is 32.0 Å². The van der Waals surface area contributed by atoms with Crippen molar-refractivity contribution in [3.63, 3.8) is 0 Å². The van der Waals surface area contributed by atoms with Gasteiger partial charge in [0.2, 0.25) is 5.91 Å². The molecule has 2 aromatic rings. The lowest BCUT2D eigenvalue weighted by Gasteiger charge is -2.26. The average molecular weight is 337 g/mol. The third-order valence-corrected chi connectivity index (χ3v) is 4.88. The Morgan fingerprint density at radius 1 is 1.08 bits per heavy atom. The quantitative estimate of drug-likeness (QED) is 0.857. The number of hydrogen-bond acceptors (Lipinski definition) is 3. The lowest BCUT2D eigenvalue weighted by Crippen LogP contribution is -2.29. The number of nitrogens with one attached hydrogen (secondary N) is 1. The summed E-state index contributed by atoms with van der Waals surface area (Å²) in [5.41, 5.74) is 3.30. The number of pyridine rings is 1. The van der Waals surface area contributed by atoms with Crippen LogP contribution in [0.3, 0.4) is 0 Å². The van der Waals surface area contributed by atoms with Crippen molar-refractivity contribution in [2.24, 2.45) is 5.92 Å². The summed E-state index contributed by atoms with van der Waals surface area (Å²) in [5.74, 6) is 0.674. The third-order valence-electron chi connectivity index (χ3n) is 4.88. The van der Waals surface area contributed by atoms with Gasteiger partial charge < -0.3 is 10.2 Å². The summed E-state index contributed by atoms with van der Waals surface area (Å²) < 4.78 is 0. The Morgan fingerprint density at radius 2 is 1.84 bits per heavy atom. The van der Waals surface area contributed by atoms with Crippen LogP contribution in [-0.4, -0.2) is 17.4 Å². The van der Waals surface area contributed by atoms with Crippen LogP contribution in [0.15, 0.2) is 48.7 Å². The lowest BCUT2D eigenvalue weighted by atomic mass is 9.97. The Hall–Kier alpha value is -2.20. The largest absolute Gasteiger partial charge is 0.312 e. The van der Waals surface area contributed by atoms with E-state index in [9.17, 15) is 4.79 Å². The van der Waals surface area contributed by atoms with E-state index in [1.54, 1.807) is 0 Å². The maximum atomic E-state index is 11.9. The van der Waals surface area contributed by atoms with E-state index in [-0.39, 0.29) is 18.0 Å². The first-order valence-electron chi connectivity index (χ1n) is 9.13. The number of aromatic nitrogens is 1. The average Bonchev–Trinajstić information content (AvgIpc) is 3.06. The first kappa shape index (κ1) is 17.6. The van der Waals surface area contributed by atoms with Crippen molar-refractivity contribution in [1.29, 1.82) is 0 Å². The van der Waals surface area contributed by atoms with Gasteiger partial charge in [-0.05, 0) is 49.1 Å². The van der Waals surface area contributed by atoms with E-state index < -0.39 is 0 Å². The number of rotatable bonds is 6. The van der Waals surface area contributed by atoms with Crippen LogP contribution in [0, 0.1) is 5.92 Å². The standard InChI is InChI=1S/C21H27N3O/c1-15(2)21(19-7-4-5-13-22-19)23-16(3)17-9-11-18(12-10-17)24-14-6-8-20(24)25/h4-5,7,9-13,15-16,21,23H,6,8,14H2,1-3H3/t16-,21+/m1/s1. The Kier molecular flexibility index (Phi) is 5.49. The number of benzene rings is 1. The first-order chi connectivity index (χ1) is 12.1. The summed E-state index contributed by atoms with van der Waals surface area (Å²) in [5, 5.41) is 3.70. The van der Waals surface area contributed by atoms with Crippen LogP contribution in [0.4, 0.5) is 5.69 Å². The molecule has 1 aromatic carbocycles. The molecule has 1 fully saturated rings. The van der Waals surface area contributed by atoms with Crippen molar-refractivity contribution in [1.82, 2.24) is 10.3 Å². The Morgan fingerprint density at radius 3 is 2.40 bits per heavy atom. The zero-order valence-electron chi connectivity index (χ0n) is 15.3. The second-order valence-electron chi connectivity index (χ2n) is 7.11. The molecule has 1 aliphatic heterocycles. The molecule has 2 heterocycles. The molecule has 132 valence electrons. The van der Waals surface area contributed by atoms with E-state index in [1.165, 1.54) is 5.56 Å². The predicted octanol–water partition coefficient (Wildman–Crippen LogP) is 4.26. The van der Waals surface area contributed by atoms with Gasteiger partial charge in [0.05, 0.1) is 11.7 Å². The molecule has 2 atom stereocenters. The number of nitrogens with zero attached hydrogens (tertiary/aromatic N) is 2. The molecule has 1 N–H and O–H groups in total. The molecule has 1 aliphatic rings. The van der Waals surface area contributed by atoms with E-state index in [1.807, 2.05) is 23.2 Å². The molecule has 25 heavy (non-hydrogen) atoms. The van der Waals surface area contributed by atoms with Gasteiger partial charge in [0.15, 0.2) is 0 Å². The summed E-state index contributed by atoms with van der Waals surface area (Å²) in [6, 6.07) is 14.8. The highest BCUT2D eigenvalue weighted by molar-refractivity contribution is 5.95. The molecular weight excluding hydrogens is 310 g/mol. The van der Waals surface area contributed by atoms with Crippen LogP contribution in [-0.2, 0) is 4.79 Å². The van der Waals surface area contributed by atoms with Crippen molar-refractivity contribution in [3.8, 4) is 0 Å². The van der Waals surface area contributed by atoms with Crippen LogP contribution < -0.4 is 10.2 Å². The van der Waals surface area contributed by atoms with E-state index in [2.05, 4.69) is 61.4 Å². The van der Waals surface area contributed by atoms with Crippen LogP contribution in [0.2, 0.25) is 0 Å². The molecule has 0 aliphatic carbocycles. The van der Waals surface area contributed by atoms with Crippen LogP contribution >= 0.6 is 0 Å². The third kappa shape index (κ3) is 4.07. The fourth-order valence-corrected chi connectivity index (χ4v) is 3.41. The van der Waals surface area contributed by atoms with Crippen LogP contribution in [0.1, 0.15) is 57.0 Å². The minimum atomic E-state index is 0.205. The second kappa shape index (κ2) is 7.79. The minimum absolute atomic E-state index is 0.205. The van der Waals surface area contributed by atoms with Crippen molar-refractivity contribution < 1.29 is 4.79 Å². The Bertz CT molecular complexity index is 697. The molecule has 0 bridgehead atoms. The second-order valence-corrected chi connectivity index (χ2v) is 7.11. The van der Waals surface area contributed by atoms with Crippen molar-refractivity contribution in [3.05, 3.63) is 59.9 Å². The van der Waals surface area contributed by atoms with Gasteiger partial charge in [-0.15, -0.1) is 0 Å². The van der Waals surface area contributed by atoms with E-state index in [4.69, 9.17) is 0 Å². The molecular formula is C21H27N3O. The van der Waals surface area contributed by atoms with Gasteiger partial charge in [-0.25, -0.2) is 0 Å². The maximum Gasteiger partial charge on any atom is 0.227 e. The minimum Gasteiger partial charge on any atom is -0.312 e. The monoisotopic (exact) mass is 337 g/mol. The zero-order valence-corrected chi connectivity index (χ0v) is 15.3. The fourth-order valence-electron chi connectivity index (χ4n) is 3.41. The van der Waals surface area contributed by atoms with Gasteiger partial charge in [-0.2, -0.15) is 0 Å². The summed E-state index contributed by atoms with van der Waals surface area (Å²) in [4.78, 5) is 18.3. The van der Waals surface area contributed by atoms with Gasteiger partial charge in [-0.3, -0.25) is 9.78 Å². The molecule has 4 heteroatoms. The molecule has 3 rings (SSSR count). The highest BCUT2D eigenvalue weighted by Crippen LogP contribution is 2.27. The number of anilines is 1. The maximum absolute atomic E-state index is 11.9. The predicted molar refractivity (Wildman–Crippen MR) is 101 cm³/mol. The highest BCUT2D eigenvalue weighted by Gasteiger charge is 2.22. The summed E-state index contributed by atoms with van der Waals surface area (Å²) >= 11 is 0. The summed E-state index contributed by atoms with van der Waals surface area (Å²) in [6.45, 7) is 7.43. The van der Waals surface area contributed by atoms with Gasteiger partial charge in [0, 0.05) is 30.9 Å². The van der Waals surface area contributed by atoms with E-state index >= 15 is 0 Å². The van der Waals surface area contributed by atoms with Crippen molar-refractivity contribution in [2.45, 2.75) is 45.7 Å². The molecule has 0 unspecified atom stereocenters. The molecule has 1 saturated heterocycles. The highest BCUT2D eigenvalue weighted by atomic mass is 16.2. The SMILES string of the molecule is CC(C)[C@H](N[C@H](C)c1ccc(N2CCCC2=O)cc1)c1ccccn1. The number of carbonyl (C=O) groups excluding carboxylic acids is 1. The van der Waals surface area contributed by atoms with Crippen LogP contribution in [0.25, 0.3) is 0 Å². The van der Waals surface area contributed by atoms with Crippen molar-refractivity contribution in [2.75, 3.05) is 11.4 Å². The molecule has 1 aromatic heterocycles. The van der Waals surface area contributed by atoms with Crippen molar-refractivity contribution >= 4 is 11.6 Å². The lowest BCUT2D eigenvalue weighted by molar-refractivity contribution is -0.117.